The molecule has 1 aliphatic heterocycles. The minimum absolute atomic E-state index is 0.115. The summed E-state index contributed by atoms with van der Waals surface area (Å²) in [6.45, 7) is 1.11. The van der Waals surface area contributed by atoms with Crippen LogP contribution in [0.1, 0.15) is 11.1 Å². The highest BCUT2D eigenvalue weighted by atomic mass is 32.2. The van der Waals surface area contributed by atoms with Crippen LogP contribution in [0.4, 0.5) is 4.79 Å². The first-order chi connectivity index (χ1) is 9.83. The van der Waals surface area contributed by atoms with E-state index in [9.17, 15) is 4.79 Å². The molecule has 4 nitrogen and oxygen atoms in total. The minimum atomic E-state index is -0.115. The average Bonchev–Trinajstić information content (AvgIpc) is 2.53. The van der Waals surface area contributed by atoms with Crippen molar-refractivity contribution in [1.29, 1.82) is 0 Å². The number of carbonyl (C=O) groups excluding carboxylic acids is 1. The molecule has 2 aromatic rings. The van der Waals surface area contributed by atoms with Crippen LogP contribution in [0.15, 0.2) is 59.5 Å². The van der Waals surface area contributed by atoms with Crippen LogP contribution in [0.3, 0.4) is 0 Å². The quantitative estimate of drug-likeness (QED) is 0.834. The number of urea groups is 1. The van der Waals surface area contributed by atoms with Gasteiger partial charge < -0.3 is 5.32 Å². The Bertz CT molecular complexity index is 603. The Morgan fingerprint density at radius 3 is 2.75 bits per heavy atom. The zero-order chi connectivity index (χ0) is 13.8. The lowest BCUT2D eigenvalue weighted by molar-refractivity contribution is 0.185. The van der Waals surface area contributed by atoms with E-state index in [0.29, 0.717) is 13.1 Å². The second-order valence-electron chi connectivity index (χ2n) is 4.53. The first-order valence-electron chi connectivity index (χ1n) is 6.42. The summed E-state index contributed by atoms with van der Waals surface area (Å²) in [5.41, 5.74) is 2.25. The molecule has 20 heavy (non-hydrogen) atoms. The molecule has 0 bridgehead atoms. The molecule has 102 valence electrons. The largest absolute Gasteiger partial charge is 0.333 e. The smallest absolute Gasteiger partial charge is 0.333 e. The molecular weight excluding hydrogens is 270 g/mol. The van der Waals surface area contributed by atoms with Gasteiger partial charge in [-0.1, -0.05) is 48.5 Å². The average molecular weight is 285 g/mol. The monoisotopic (exact) mass is 285 g/mol. The van der Waals surface area contributed by atoms with Gasteiger partial charge in [0.25, 0.3) is 0 Å². The van der Waals surface area contributed by atoms with Crippen LogP contribution in [0.2, 0.25) is 0 Å². The summed E-state index contributed by atoms with van der Waals surface area (Å²) in [4.78, 5) is 16.3. The molecule has 0 spiro atoms. The molecule has 0 saturated carbocycles. The van der Waals surface area contributed by atoms with Crippen molar-refractivity contribution < 1.29 is 4.79 Å². The molecule has 1 heterocycles. The predicted molar refractivity (Wildman–Crippen MR) is 79.7 cm³/mol. The summed E-state index contributed by atoms with van der Waals surface area (Å²) in [5, 5.41) is 4.50. The molecule has 0 fully saturated rings. The first kappa shape index (κ1) is 13.0. The van der Waals surface area contributed by atoms with E-state index in [1.54, 1.807) is 5.01 Å². The highest BCUT2D eigenvalue weighted by Gasteiger charge is 2.20. The van der Waals surface area contributed by atoms with Crippen LogP contribution in [-0.2, 0) is 13.1 Å². The lowest BCUT2D eigenvalue weighted by Gasteiger charge is -2.28. The summed E-state index contributed by atoms with van der Waals surface area (Å²) in [7, 11) is 0. The number of nitrogens with one attached hydrogen (secondary N) is 2. The molecule has 0 radical (unpaired) electrons. The summed E-state index contributed by atoms with van der Waals surface area (Å²) in [5.74, 6) is 0. The fraction of sp³-hybridized carbons (Fsp3) is 0.133. The van der Waals surface area contributed by atoms with Crippen molar-refractivity contribution in [2.75, 3.05) is 0 Å². The molecule has 0 atom stereocenters. The molecule has 2 aromatic carbocycles. The third kappa shape index (κ3) is 2.95. The van der Waals surface area contributed by atoms with E-state index >= 15 is 0 Å². The van der Waals surface area contributed by atoms with Crippen LogP contribution in [0, 0.1) is 0 Å². The Morgan fingerprint density at radius 1 is 1.15 bits per heavy atom. The third-order valence-corrected chi connectivity index (χ3v) is 4.03. The lowest BCUT2D eigenvalue weighted by atomic mass is 10.2. The fourth-order valence-electron chi connectivity index (χ4n) is 2.02. The third-order valence-electron chi connectivity index (χ3n) is 3.10. The highest BCUT2D eigenvalue weighted by molar-refractivity contribution is 7.97. The van der Waals surface area contributed by atoms with Crippen molar-refractivity contribution >= 4 is 18.0 Å². The fourth-order valence-corrected chi connectivity index (χ4v) is 2.79. The molecule has 0 aliphatic carbocycles. The van der Waals surface area contributed by atoms with Gasteiger partial charge in [0.15, 0.2) is 0 Å². The van der Waals surface area contributed by atoms with Gasteiger partial charge in [0.05, 0.1) is 6.54 Å². The molecule has 0 unspecified atom stereocenters. The maximum absolute atomic E-state index is 12.1. The van der Waals surface area contributed by atoms with E-state index in [0.717, 1.165) is 11.1 Å². The molecule has 1 aliphatic rings. The van der Waals surface area contributed by atoms with Crippen LogP contribution >= 0.6 is 11.9 Å². The Labute approximate surface area is 122 Å². The van der Waals surface area contributed by atoms with Crippen molar-refractivity contribution in [1.82, 2.24) is 15.2 Å². The second-order valence-corrected chi connectivity index (χ2v) is 5.36. The van der Waals surface area contributed by atoms with Gasteiger partial charge in [-0.3, -0.25) is 0 Å². The number of hydrazine groups is 1. The molecule has 5 heteroatoms. The van der Waals surface area contributed by atoms with Crippen LogP contribution in [0.5, 0.6) is 0 Å². The maximum Gasteiger partial charge on any atom is 0.333 e. The Morgan fingerprint density at radius 2 is 1.90 bits per heavy atom. The van der Waals surface area contributed by atoms with Gasteiger partial charge in [-0.2, -0.15) is 4.83 Å². The number of amides is 2. The predicted octanol–water partition coefficient (Wildman–Crippen LogP) is 2.92. The molecule has 2 amide bonds. The van der Waals surface area contributed by atoms with Crippen molar-refractivity contribution in [2.45, 2.75) is 18.0 Å². The van der Waals surface area contributed by atoms with Gasteiger partial charge in [-0.25, -0.2) is 9.80 Å². The summed E-state index contributed by atoms with van der Waals surface area (Å²) < 4.78 is 0. The number of carbonyl (C=O) groups is 1. The standard InChI is InChI=1S/C15H15N3OS/c19-15(16-10-12-6-2-1-3-7-12)18-11-13-8-4-5-9-14(13)20-17-18/h1-9,17H,10-11H2,(H,16,19). The second kappa shape index (κ2) is 5.98. The van der Waals surface area contributed by atoms with Gasteiger partial charge in [0.1, 0.15) is 0 Å². The summed E-state index contributed by atoms with van der Waals surface area (Å²) >= 11 is 1.46. The zero-order valence-electron chi connectivity index (χ0n) is 10.9. The lowest BCUT2D eigenvalue weighted by Crippen LogP contribution is -2.46. The molecule has 3 rings (SSSR count). The SMILES string of the molecule is O=C(NCc1ccccc1)N1Cc2ccccc2SN1. The maximum atomic E-state index is 12.1. The summed E-state index contributed by atoms with van der Waals surface area (Å²) in [6.07, 6.45) is 0. The molecular formula is C15H15N3OS. The van der Waals surface area contributed by atoms with Crippen LogP contribution in [-0.4, -0.2) is 11.0 Å². The number of nitrogens with zero attached hydrogens (tertiary/aromatic N) is 1. The van der Waals surface area contributed by atoms with Gasteiger partial charge in [-0.05, 0) is 29.1 Å². The molecule has 2 N–H and O–H groups in total. The molecule has 0 aromatic heterocycles. The van der Waals surface area contributed by atoms with Gasteiger partial charge in [-0.15, -0.1) is 0 Å². The highest BCUT2D eigenvalue weighted by Crippen LogP contribution is 2.25. The number of hydrogen-bond donors (Lipinski definition) is 2. The van der Waals surface area contributed by atoms with Crippen LogP contribution < -0.4 is 10.1 Å². The minimum Gasteiger partial charge on any atom is -0.333 e. The summed E-state index contributed by atoms with van der Waals surface area (Å²) in [6, 6.07) is 17.8. The van der Waals surface area contributed by atoms with Crippen molar-refractivity contribution in [3.05, 3.63) is 65.7 Å². The topological polar surface area (TPSA) is 44.4 Å². The Hall–Kier alpha value is -1.98. The van der Waals surface area contributed by atoms with E-state index in [1.807, 2.05) is 54.6 Å². The number of rotatable bonds is 2. The number of fused-ring (bicyclic) bond motifs is 1. The van der Waals surface area contributed by atoms with Gasteiger partial charge >= 0.3 is 6.03 Å². The number of benzene rings is 2. The van der Waals surface area contributed by atoms with Gasteiger partial charge in [0, 0.05) is 11.4 Å². The van der Waals surface area contributed by atoms with Gasteiger partial charge in [0.2, 0.25) is 0 Å². The van der Waals surface area contributed by atoms with Crippen molar-refractivity contribution in [3.8, 4) is 0 Å². The van der Waals surface area contributed by atoms with Crippen molar-refractivity contribution in [3.63, 3.8) is 0 Å². The van der Waals surface area contributed by atoms with Crippen molar-refractivity contribution in [2.24, 2.45) is 0 Å². The Balaban J connectivity index is 1.59. The van der Waals surface area contributed by atoms with Crippen LogP contribution in [0.25, 0.3) is 0 Å². The molecule has 0 saturated heterocycles. The normalized spacial score (nSPS) is 13.7. The van der Waals surface area contributed by atoms with E-state index in [-0.39, 0.29) is 6.03 Å². The Kier molecular flexibility index (Phi) is 3.90. The number of hydrogen-bond acceptors (Lipinski definition) is 3. The first-order valence-corrected chi connectivity index (χ1v) is 7.24. The van der Waals surface area contributed by atoms with E-state index in [4.69, 9.17) is 0 Å². The van der Waals surface area contributed by atoms with E-state index in [1.165, 1.54) is 16.8 Å². The van der Waals surface area contributed by atoms with E-state index < -0.39 is 0 Å². The zero-order valence-corrected chi connectivity index (χ0v) is 11.7. The van der Waals surface area contributed by atoms with E-state index in [2.05, 4.69) is 10.1 Å².